The minimum Gasteiger partial charge on any atom is -0.491 e. The molecule has 0 saturated heterocycles. The van der Waals surface area contributed by atoms with Crippen LogP contribution in [-0.4, -0.2) is 24.1 Å². The summed E-state index contributed by atoms with van der Waals surface area (Å²) in [5.74, 6) is 1.31. The first-order valence-electron chi connectivity index (χ1n) is 7.70. The summed E-state index contributed by atoms with van der Waals surface area (Å²) in [6.45, 7) is 6.48. The van der Waals surface area contributed by atoms with Gasteiger partial charge in [-0.2, -0.15) is 0 Å². The number of benzene rings is 1. The van der Waals surface area contributed by atoms with Gasteiger partial charge in [0.25, 0.3) is 0 Å². The zero-order valence-corrected chi connectivity index (χ0v) is 14.4. The molecule has 124 valence electrons. The number of nitrogens with two attached hydrogens (primary N) is 1. The lowest BCUT2D eigenvalue weighted by molar-refractivity contribution is -0.122. The Bertz CT molecular complexity index is 503. The highest BCUT2D eigenvalue weighted by molar-refractivity contribution is 5.85. The molecule has 1 aromatic carbocycles. The maximum Gasteiger partial charge on any atom is 0.225 e. The van der Waals surface area contributed by atoms with Gasteiger partial charge in [0, 0.05) is 12.1 Å². The normalized spacial score (nSPS) is 16.6. The Labute approximate surface area is 139 Å². The average Bonchev–Trinajstić information content (AvgIpc) is 3.25. The monoisotopic (exact) mass is 326 g/mol. The maximum absolute atomic E-state index is 12.3. The van der Waals surface area contributed by atoms with Crippen LogP contribution in [-0.2, 0) is 11.2 Å². The number of carbonyl (C=O) groups is 1. The first-order chi connectivity index (χ1) is 9.94. The molecular weight excluding hydrogens is 300 g/mol. The fourth-order valence-electron chi connectivity index (χ4n) is 2.59. The molecule has 1 unspecified atom stereocenters. The van der Waals surface area contributed by atoms with Crippen LogP contribution in [0, 0.1) is 5.92 Å². The molecule has 0 spiro atoms. The molecule has 2 rings (SSSR count). The first kappa shape index (κ1) is 18.8. The first-order valence-corrected chi connectivity index (χ1v) is 7.70. The minimum atomic E-state index is -0.273. The van der Waals surface area contributed by atoms with Crippen molar-refractivity contribution in [1.82, 2.24) is 5.32 Å². The highest BCUT2D eigenvalue weighted by Crippen LogP contribution is 2.39. The van der Waals surface area contributed by atoms with E-state index in [1.54, 1.807) is 0 Å². The lowest BCUT2D eigenvalue weighted by Gasteiger charge is -2.29. The number of para-hydroxylation sites is 1. The van der Waals surface area contributed by atoms with Gasteiger partial charge >= 0.3 is 0 Å². The number of carbonyl (C=O) groups excluding carboxylic acids is 1. The summed E-state index contributed by atoms with van der Waals surface area (Å²) in [6.07, 6.45) is 2.72. The molecule has 1 aliphatic carbocycles. The average molecular weight is 327 g/mol. The number of hydrogen-bond acceptors (Lipinski definition) is 3. The van der Waals surface area contributed by atoms with Crippen molar-refractivity contribution in [3.63, 3.8) is 0 Å². The van der Waals surface area contributed by atoms with Crippen molar-refractivity contribution in [3.8, 4) is 5.75 Å². The van der Waals surface area contributed by atoms with Gasteiger partial charge in [-0.3, -0.25) is 4.79 Å². The summed E-state index contributed by atoms with van der Waals surface area (Å²) >= 11 is 0. The van der Waals surface area contributed by atoms with Crippen LogP contribution in [0.4, 0.5) is 0 Å². The van der Waals surface area contributed by atoms with Crippen molar-refractivity contribution in [2.45, 2.75) is 51.7 Å². The Hall–Kier alpha value is -1.26. The lowest BCUT2D eigenvalue weighted by atomic mass is 9.95. The van der Waals surface area contributed by atoms with Crippen LogP contribution >= 0.6 is 12.4 Å². The molecule has 22 heavy (non-hydrogen) atoms. The van der Waals surface area contributed by atoms with Gasteiger partial charge in [-0.1, -0.05) is 18.2 Å². The quantitative estimate of drug-likeness (QED) is 0.809. The van der Waals surface area contributed by atoms with Gasteiger partial charge in [-0.05, 0) is 45.6 Å². The van der Waals surface area contributed by atoms with E-state index in [-0.39, 0.29) is 30.0 Å². The van der Waals surface area contributed by atoms with E-state index in [9.17, 15) is 4.79 Å². The molecule has 0 aromatic heterocycles. The molecule has 5 heteroatoms. The van der Waals surface area contributed by atoms with E-state index in [0.29, 0.717) is 18.9 Å². The summed E-state index contributed by atoms with van der Waals surface area (Å²) in [7, 11) is 0. The Kier molecular flexibility index (Phi) is 6.69. The van der Waals surface area contributed by atoms with Gasteiger partial charge in [0.15, 0.2) is 0 Å². The molecule has 4 nitrogen and oxygen atoms in total. The standard InChI is InChI=1S/C17H26N2O2.ClH/c1-12(2)21-15-7-5-4-6-13(15)10-16(20)19-17(3,11-18)14-8-9-14;/h4-7,12,14H,8-11,18H2,1-3H3,(H,19,20);1H. The number of ether oxygens (including phenoxy) is 1. The van der Waals surface area contributed by atoms with Crippen LogP contribution in [0.2, 0.25) is 0 Å². The SMILES string of the molecule is CC(C)Oc1ccccc1CC(=O)NC(C)(CN)C1CC1.Cl. The molecule has 0 aliphatic heterocycles. The molecule has 1 amide bonds. The highest BCUT2D eigenvalue weighted by atomic mass is 35.5. The van der Waals surface area contributed by atoms with Crippen LogP contribution in [0.1, 0.15) is 39.2 Å². The fraction of sp³-hybridized carbons (Fsp3) is 0.588. The van der Waals surface area contributed by atoms with Crippen molar-refractivity contribution in [1.29, 1.82) is 0 Å². The zero-order chi connectivity index (χ0) is 15.5. The Morgan fingerprint density at radius 1 is 1.41 bits per heavy atom. The summed E-state index contributed by atoms with van der Waals surface area (Å²) in [4.78, 5) is 12.3. The van der Waals surface area contributed by atoms with Gasteiger partial charge in [0.1, 0.15) is 5.75 Å². The van der Waals surface area contributed by atoms with Crippen molar-refractivity contribution in [3.05, 3.63) is 29.8 Å². The van der Waals surface area contributed by atoms with E-state index in [1.807, 2.05) is 45.0 Å². The molecule has 0 bridgehead atoms. The van der Waals surface area contributed by atoms with Crippen LogP contribution in [0.15, 0.2) is 24.3 Å². The number of nitrogens with one attached hydrogen (secondary N) is 1. The maximum atomic E-state index is 12.3. The van der Waals surface area contributed by atoms with Crippen molar-refractivity contribution in [2.75, 3.05) is 6.54 Å². The third-order valence-corrected chi connectivity index (χ3v) is 4.01. The predicted octanol–water partition coefficient (Wildman–Crippen LogP) is 2.68. The van der Waals surface area contributed by atoms with Crippen molar-refractivity contribution < 1.29 is 9.53 Å². The highest BCUT2D eigenvalue weighted by Gasteiger charge is 2.41. The Morgan fingerprint density at radius 2 is 2.05 bits per heavy atom. The van der Waals surface area contributed by atoms with Crippen LogP contribution in [0.5, 0.6) is 5.75 Å². The van der Waals surface area contributed by atoms with Crippen LogP contribution in [0.25, 0.3) is 0 Å². The van der Waals surface area contributed by atoms with Gasteiger partial charge in [0.05, 0.1) is 18.1 Å². The second-order valence-electron chi connectivity index (χ2n) is 6.40. The molecule has 3 N–H and O–H groups in total. The molecular formula is C17H27ClN2O2. The molecule has 0 radical (unpaired) electrons. The summed E-state index contributed by atoms with van der Waals surface area (Å²) in [6, 6.07) is 7.70. The second-order valence-corrected chi connectivity index (χ2v) is 6.40. The number of hydrogen-bond donors (Lipinski definition) is 2. The molecule has 1 atom stereocenters. The molecule has 1 aromatic rings. The molecule has 1 fully saturated rings. The van der Waals surface area contributed by atoms with Crippen molar-refractivity contribution in [2.24, 2.45) is 11.7 Å². The summed E-state index contributed by atoms with van der Waals surface area (Å²) < 4.78 is 5.76. The van der Waals surface area contributed by atoms with Crippen molar-refractivity contribution >= 4 is 18.3 Å². The predicted molar refractivity (Wildman–Crippen MR) is 91.5 cm³/mol. The molecule has 1 saturated carbocycles. The van der Waals surface area contributed by atoms with Crippen LogP contribution in [0.3, 0.4) is 0 Å². The van der Waals surface area contributed by atoms with E-state index in [2.05, 4.69) is 5.32 Å². The Balaban J connectivity index is 0.00000242. The van der Waals surface area contributed by atoms with E-state index >= 15 is 0 Å². The second kappa shape index (κ2) is 7.84. The van der Waals surface area contributed by atoms with Gasteiger partial charge in [-0.15, -0.1) is 12.4 Å². The number of halogens is 1. The van der Waals surface area contributed by atoms with E-state index in [4.69, 9.17) is 10.5 Å². The largest absolute Gasteiger partial charge is 0.491 e. The third kappa shape index (κ3) is 4.89. The zero-order valence-electron chi connectivity index (χ0n) is 13.6. The van der Waals surface area contributed by atoms with E-state index < -0.39 is 0 Å². The van der Waals surface area contributed by atoms with E-state index in [0.717, 1.165) is 24.2 Å². The topological polar surface area (TPSA) is 64.3 Å². The van der Waals surface area contributed by atoms with Gasteiger partial charge in [-0.25, -0.2) is 0 Å². The fourth-order valence-corrected chi connectivity index (χ4v) is 2.59. The summed E-state index contributed by atoms with van der Waals surface area (Å²) in [5.41, 5.74) is 6.49. The van der Waals surface area contributed by atoms with Gasteiger partial charge < -0.3 is 15.8 Å². The minimum absolute atomic E-state index is 0. The Morgan fingerprint density at radius 3 is 2.59 bits per heavy atom. The lowest BCUT2D eigenvalue weighted by Crippen LogP contribution is -2.53. The molecule has 1 aliphatic rings. The smallest absolute Gasteiger partial charge is 0.225 e. The van der Waals surface area contributed by atoms with Crippen LogP contribution < -0.4 is 15.8 Å². The number of rotatable bonds is 7. The van der Waals surface area contributed by atoms with E-state index in [1.165, 1.54) is 0 Å². The number of amides is 1. The summed E-state index contributed by atoms with van der Waals surface area (Å²) in [5, 5.41) is 3.11. The molecule has 0 heterocycles. The van der Waals surface area contributed by atoms with Gasteiger partial charge in [0.2, 0.25) is 5.91 Å². The third-order valence-electron chi connectivity index (χ3n) is 4.01.